The van der Waals surface area contributed by atoms with Crippen LogP contribution in [0.5, 0.6) is 0 Å². The first-order chi connectivity index (χ1) is 6.49. The molecule has 0 amide bonds. The van der Waals surface area contributed by atoms with E-state index in [1.54, 1.807) is 12.4 Å². The summed E-state index contributed by atoms with van der Waals surface area (Å²) in [4.78, 5) is 8.52. The van der Waals surface area contributed by atoms with E-state index in [-0.39, 0.29) is 5.41 Å². The van der Waals surface area contributed by atoms with Gasteiger partial charge in [-0.2, -0.15) is 0 Å². The second-order valence-electron chi connectivity index (χ2n) is 3.67. The van der Waals surface area contributed by atoms with Crippen molar-refractivity contribution in [2.45, 2.75) is 19.3 Å². The molecule has 0 aliphatic heterocycles. The summed E-state index contributed by atoms with van der Waals surface area (Å²) >= 11 is 12.0. The lowest BCUT2D eigenvalue weighted by Gasteiger charge is -2.25. The van der Waals surface area contributed by atoms with Crippen molar-refractivity contribution in [3.8, 4) is 0 Å². The molecular formula is C9H12Cl2N2O. The first-order valence-electron chi connectivity index (χ1n) is 4.10. The Morgan fingerprint density at radius 2 is 1.86 bits per heavy atom. The molecule has 0 saturated carbocycles. The maximum Gasteiger partial charge on any atom is 0.0771 e. The minimum absolute atomic E-state index is 0.328. The van der Waals surface area contributed by atoms with Gasteiger partial charge in [0, 0.05) is 23.4 Å². The molecule has 5 heteroatoms. The van der Waals surface area contributed by atoms with Crippen molar-refractivity contribution in [3.05, 3.63) is 28.0 Å². The predicted molar refractivity (Wildman–Crippen MR) is 57.4 cm³/mol. The van der Waals surface area contributed by atoms with E-state index in [0.29, 0.717) is 16.7 Å². The van der Waals surface area contributed by atoms with Crippen LogP contribution in [-0.4, -0.2) is 11.6 Å². The Balaban J connectivity index is 3.17. The van der Waals surface area contributed by atoms with E-state index >= 15 is 0 Å². The molecule has 0 unspecified atom stereocenters. The minimum Gasteiger partial charge on any atom is -0.304 e. The van der Waals surface area contributed by atoms with Gasteiger partial charge in [-0.25, -0.2) is 5.90 Å². The standard InChI is InChI=1S/C9H12Cl2N2O/c1-9(2,5-14-12)8-6(10)3-13-4-7(8)11/h3-4H,5,12H2,1-2H3. The third-order valence-electron chi connectivity index (χ3n) is 1.97. The lowest BCUT2D eigenvalue weighted by Crippen LogP contribution is -2.27. The highest BCUT2D eigenvalue weighted by atomic mass is 35.5. The van der Waals surface area contributed by atoms with Gasteiger partial charge in [0.25, 0.3) is 0 Å². The van der Waals surface area contributed by atoms with Crippen LogP contribution in [0.25, 0.3) is 0 Å². The Morgan fingerprint density at radius 3 is 2.29 bits per heavy atom. The summed E-state index contributed by atoms with van der Waals surface area (Å²) in [5.41, 5.74) is 0.479. The molecule has 0 saturated heterocycles. The molecule has 1 aromatic rings. The molecule has 0 atom stereocenters. The number of hydrogen-bond donors (Lipinski definition) is 1. The Morgan fingerprint density at radius 1 is 1.36 bits per heavy atom. The molecule has 1 aromatic heterocycles. The van der Waals surface area contributed by atoms with Gasteiger partial charge in [0.1, 0.15) is 0 Å². The molecule has 78 valence electrons. The van der Waals surface area contributed by atoms with Crippen molar-refractivity contribution in [3.63, 3.8) is 0 Å². The third kappa shape index (κ3) is 2.36. The SMILES string of the molecule is CC(C)(CON)c1c(Cl)cncc1Cl. The molecule has 0 aromatic carbocycles. The smallest absolute Gasteiger partial charge is 0.0771 e. The van der Waals surface area contributed by atoms with Crippen molar-refractivity contribution in [2.75, 3.05) is 6.61 Å². The second-order valence-corrected chi connectivity index (χ2v) is 4.49. The number of nitrogens with zero attached hydrogens (tertiary/aromatic N) is 1. The Bertz CT molecular complexity index is 308. The van der Waals surface area contributed by atoms with Gasteiger partial charge >= 0.3 is 0 Å². The number of rotatable bonds is 3. The second kappa shape index (κ2) is 4.45. The van der Waals surface area contributed by atoms with Crippen molar-refractivity contribution in [1.82, 2.24) is 4.98 Å². The molecular weight excluding hydrogens is 223 g/mol. The zero-order valence-electron chi connectivity index (χ0n) is 8.05. The Labute approximate surface area is 93.1 Å². The van der Waals surface area contributed by atoms with Crippen LogP contribution in [0.2, 0.25) is 10.0 Å². The molecule has 0 bridgehead atoms. The summed E-state index contributed by atoms with van der Waals surface area (Å²) < 4.78 is 0. The van der Waals surface area contributed by atoms with Crippen molar-refractivity contribution in [1.29, 1.82) is 0 Å². The van der Waals surface area contributed by atoms with Gasteiger partial charge in [-0.1, -0.05) is 37.0 Å². The number of nitrogens with two attached hydrogens (primary N) is 1. The number of pyridine rings is 1. The van der Waals surface area contributed by atoms with Crippen LogP contribution >= 0.6 is 23.2 Å². The maximum atomic E-state index is 6.01. The van der Waals surface area contributed by atoms with Gasteiger partial charge in [-0.3, -0.25) is 4.98 Å². The van der Waals surface area contributed by atoms with Crippen LogP contribution in [0.1, 0.15) is 19.4 Å². The van der Waals surface area contributed by atoms with E-state index in [0.717, 1.165) is 5.56 Å². The van der Waals surface area contributed by atoms with Gasteiger partial charge in [0.2, 0.25) is 0 Å². The molecule has 0 aliphatic carbocycles. The summed E-state index contributed by atoms with van der Waals surface area (Å²) in [6, 6.07) is 0. The normalized spacial score (nSPS) is 11.8. The fraction of sp³-hybridized carbons (Fsp3) is 0.444. The highest BCUT2D eigenvalue weighted by molar-refractivity contribution is 6.35. The molecule has 1 rings (SSSR count). The van der Waals surface area contributed by atoms with Crippen molar-refractivity contribution < 1.29 is 4.84 Å². The Kier molecular flexibility index (Phi) is 3.72. The van der Waals surface area contributed by atoms with Gasteiger partial charge in [0.05, 0.1) is 16.7 Å². The highest BCUT2D eigenvalue weighted by Gasteiger charge is 2.26. The molecule has 0 radical (unpaired) electrons. The molecule has 0 spiro atoms. The predicted octanol–water partition coefficient (Wildman–Crippen LogP) is 2.56. The van der Waals surface area contributed by atoms with Crippen LogP contribution in [0.15, 0.2) is 12.4 Å². The Hall–Kier alpha value is -0.350. The topological polar surface area (TPSA) is 48.1 Å². The average molecular weight is 235 g/mol. The van der Waals surface area contributed by atoms with Crippen LogP contribution in [0, 0.1) is 0 Å². The lowest BCUT2D eigenvalue weighted by molar-refractivity contribution is 0.0964. The van der Waals surface area contributed by atoms with Gasteiger partial charge in [-0.05, 0) is 0 Å². The maximum absolute atomic E-state index is 6.01. The first kappa shape index (κ1) is 11.7. The fourth-order valence-corrected chi connectivity index (χ4v) is 2.21. The summed E-state index contributed by atoms with van der Waals surface area (Å²) in [5, 5.41) is 1.05. The molecule has 0 fully saturated rings. The van der Waals surface area contributed by atoms with Crippen LogP contribution in [0.3, 0.4) is 0 Å². The van der Waals surface area contributed by atoms with E-state index < -0.39 is 0 Å². The highest BCUT2D eigenvalue weighted by Crippen LogP contribution is 2.34. The third-order valence-corrected chi connectivity index (χ3v) is 2.55. The van der Waals surface area contributed by atoms with E-state index in [2.05, 4.69) is 9.82 Å². The summed E-state index contributed by atoms with van der Waals surface area (Å²) in [7, 11) is 0. The monoisotopic (exact) mass is 234 g/mol. The zero-order chi connectivity index (χ0) is 10.8. The van der Waals surface area contributed by atoms with Crippen molar-refractivity contribution in [2.24, 2.45) is 5.90 Å². The van der Waals surface area contributed by atoms with Crippen LogP contribution in [-0.2, 0) is 10.3 Å². The summed E-state index contributed by atoms with van der Waals surface area (Å²) in [6.07, 6.45) is 3.11. The fourth-order valence-electron chi connectivity index (χ4n) is 1.34. The first-order valence-corrected chi connectivity index (χ1v) is 4.86. The van der Waals surface area contributed by atoms with Gasteiger partial charge in [0.15, 0.2) is 0 Å². The number of halogens is 2. The minimum atomic E-state index is -0.328. The molecule has 2 N–H and O–H groups in total. The average Bonchev–Trinajstić information content (AvgIpc) is 2.02. The lowest BCUT2D eigenvalue weighted by atomic mass is 9.86. The van der Waals surface area contributed by atoms with E-state index in [4.69, 9.17) is 29.1 Å². The van der Waals surface area contributed by atoms with Crippen molar-refractivity contribution >= 4 is 23.2 Å². The largest absolute Gasteiger partial charge is 0.304 e. The summed E-state index contributed by atoms with van der Waals surface area (Å²) in [5.74, 6) is 5.05. The number of aromatic nitrogens is 1. The molecule has 14 heavy (non-hydrogen) atoms. The quantitative estimate of drug-likeness (QED) is 0.819. The summed E-state index contributed by atoms with van der Waals surface area (Å²) in [6.45, 7) is 4.25. The van der Waals surface area contributed by atoms with E-state index in [1.165, 1.54) is 0 Å². The molecule has 3 nitrogen and oxygen atoms in total. The zero-order valence-corrected chi connectivity index (χ0v) is 9.56. The van der Waals surface area contributed by atoms with Crippen LogP contribution in [0.4, 0.5) is 0 Å². The molecule has 0 aliphatic rings. The number of hydrogen-bond acceptors (Lipinski definition) is 3. The molecule has 1 heterocycles. The van der Waals surface area contributed by atoms with E-state index in [1.807, 2.05) is 13.8 Å². The van der Waals surface area contributed by atoms with Crippen LogP contribution < -0.4 is 5.90 Å². The van der Waals surface area contributed by atoms with E-state index in [9.17, 15) is 0 Å². The van der Waals surface area contributed by atoms with Gasteiger partial charge < -0.3 is 4.84 Å². The van der Waals surface area contributed by atoms with Gasteiger partial charge in [-0.15, -0.1) is 0 Å².